The lowest BCUT2D eigenvalue weighted by Gasteiger charge is -2.19. The number of carbonyl (C=O) groups excluding carboxylic acids is 3. The van der Waals surface area contributed by atoms with E-state index in [0.717, 1.165) is 34.9 Å². The number of ether oxygens (including phenoxy) is 2. The molecule has 79 heavy (non-hydrogen) atoms. The minimum atomic E-state index is -4.98. The number of aliphatic carboxylic acids is 1. The molecule has 0 bridgehead atoms. The van der Waals surface area contributed by atoms with E-state index in [9.17, 15) is 71.9 Å². The molecule has 0 fully saturated rings. The van der Waals surface area contributed by atoms with Gasteiger partial charge in [0.2, 0.25) is 0 Å². The maximum atomic E-state index is 13.2. The molecular formula is C60H44F12O7. The summed E-state index contributed by atoms with van der Waals surface area (Å²) in [5.74, 6) is -0.946. The lowest BCUT2D eigenvalue weighted by Crippen LogP contribution is -2.15. The first-order valence-electron chi connectivity index (χ1n) is 24.0. The number of Topliss-reactive ketones (excluding diaryl/α,β-unsaturated/α-hetero) is 2. The topological polar surface area (TPSA) is 107 Å². The molecule has 0 atom stereocenters. The van der Waals surface area contributed by atoms with E-state index in [0.29, 0.717) is 82.8 Å². The lowest BCUT2D eigenvalue weighted by molar-refractivity contribution is -0.144. The first-order chi connectivity index (χ1) is 37.1. The summed E-state index contributed by atoms with van der Waals surface area (Å²) in [5.41, 5.74) is -0.953. The van der Waals surface area contributed by atoms with Crippen molar-refractivity contribution in [2.75, 3.05) is 0 Å². The van der Waals surface area contributed by atoms with Crippen LogP contribution in [0.25, 0.3) is 24.3 Å². The minimum absolute atomic E-state index is 0.0344. The molecule has 0 unspecified atom stereocenters. The van der Waals surface area contributed by atoms with E-state index >= 15 is 0 Å². The Morgan fingerprint density at radius 1 is 0.468 bits per heavy atom. The molecule has 0 aromatic heterocycles. The predicted molar refractivity (Wildman–Crippen MR) is 270 cm³/mol. The molecule has 0 aliphatic heterocycles. The summed E-state index contributed by atoms with van der Waals surface area (Å²) in [6.07, 6.45) is -10.5. The van der Waals surface area contributed by atoms with Crippen LogP contribution in [0.4, 0.5) is 52.7 Å². The predicted octanol–water partition coefficient (Wildman–Crippen LogP) is 16.1. The van der Waals surface area contributed by atoms with Gasteiger partial charge in [0.25, 0.3) is 0 Å². The Bertz CT molecular complexity index is 3330. The number of carbonyl (C=O) groups is 4. The quantitative estimate of drug-likeness (QED) is 0.0907. The number of allylic oxidation sites excluding steroid dienone is 3. The van der Waals surface area contributed by atoms with Crippen molar-refractivity contribution in [2.24, 2.45) is 0 Å². The zero-order valence-electron chi connectivity index (χ0n) is 41.4. The molecule has 2 aliphatic carbocycles. The largest absolute Gasteiger partial charge is 0.489 e. The first-order valence-corrected chi connectivity index (χ1v) is 24.0. The highest BCUT2D eigenvalue weighted by atomic mass is 19.4. The summed E-state index contributed by atoms with van der Waals surface area (Å²) >= 11 is 0. The minimum Gasteiger partial charge on any atom is -0.489 e. The number of aryl methyl sites for hydroxylation is 2. The number of benzene rings is 6. The molecule has 0 saturated heterocycles. The van der Waals surface area contributed by atoms with Crippen molar-refractivity contribution >= 4 is 47.6 Å². The Labute approximate surface area is 443 Å². The van der Waals surface area contributed by atoms with Crippen LogP contribution < -0.4 is 9.47 Å². The molecule has 0 radical (unpaired) electrons. The van der Waals surface area contributed by atoms with Gasteiger partial charge in [0.05, 0.1) is 22.3 Å². The number of rotatable bonds is 13. The summed E-state index contributed by atoms with van der Waals surface area (Å²) in [7, 11) is 0. The van der Waals surface area contributed by atoms with E-state index < -0.39 is 64.5 Å². The SMILES string of the molecule is CCC(=O)/C=C/c1ccc(COc2ccc3c(c2)CC/C(=C\c2cc(C(F)(F)F)cc(C(F)(F)F)c2)C3=O)cc1.O=C(O)/C=C/c1ccc(COc2ccc3c(c2)CC/C(=C\c2cc(C(F)(F)F)cc(C(F)(F)F)c2)C3=O)cc1. The zero-order valence-corrected chi connectivity index (χ0v) is 41.4. The smallest absolute Gasteiger partial charge is 0.416 e. The average Bonchev–Trinajstić information content (AvgIpc) is 3.43. The standard InChI is InChI=1S/C31H24F6O3.C29H20F6O4/c1-2-26(38)10-7-19-3-5-20(6-4-19)18-40-27-11-12-28-22(16-27)8-9-23(29(28)39)13-21-14-24(30(32,33)34)17-25(15-21)31(35,36)37;30-28(31,32)22-12-19(13-23(15-22)29(33,34)35)11-21-7-6-20-14-24(8-9-25(20)27(21)38)39-16-18-3-1-17(2-4-18)5-10-26(36)37/h3-7,10-17H,2,8-9,18H2,1H3;1-5,8-15H,6-7,16H2,(H,36,37)/b10-7+,23-13+;10-5+,21-11+. The van der Waals surface area contributed by atoms with Crippen LogP contribution in [0.2, 0.25) is 0 Å². The second-order valence-corrected chi connectivity index (χ2v) is 18.2. The molecule has 7 nitrogen and oxygen atoms in total. The molecule has 410 valence electrons. The van der Waals surface area contributed by atoms with Crippen LogP contribution in [-0.2, 0) is 60.3 Å². The molecule has 19 heteroatoms. The van der Waals surface area contributed by atoms with Gasteiger partial charge in [0.1, 0.15) is 24.7 Å². The maximum Gasteiger partial charge on any atom is 0.416 e. The van der Waals surface area contributed by atoms with Gasteiger partial charge in [-0.2, -0.15) is 52.7 Å². The highest BCUT2D eigenvalue weighted by molar-refractivity contribution is 6.14. The Hall–Kier alpha value is -8.48. The Balaban J connectivity index is 0.000000229. The van der Waals surface area contributed by atoms with Crippen molar-refractivity contribution in [3.63, 3.8) is 0 Å². The number of hydrogen-bond donors (Lipinski definition) is 1. The fourth-order valence-corrected chi connectivity index (χ4v) is 8.35. The third-order valence-corrected chi connectivity index (χ3v) is 12.5. The van der Waals surface area contributed by atoms with Crippen LogP contribution in [0.15, 0.2) is 145 Å². The molecule has 0 amide bonds. The van der Waals surface area contributed by atoms with Gasteiger partial charge in [0, 0.05) is 34.8 Å². The number of ketones is 3. The van der Waals surface area contributed by atoms with E-state index in [2.05, 4.69) is 0 Å². The molecule has 0 spiro atoms. The fourth-order valence-electron chi connectivity index (χ4n) is 8.35. The number of halogens is 12. The second kappa shape index (κ2) is 24.0. The van der Waals surface area contributed by atoms with Crippen LogP contribution in [0, 0.1) is 0 Å². The van der Waals surface area contributed by atoms with Gasteiger partial charge in [-0.3, -0.25) is 14.4 Å². The number of carboxylic acid groups (broad SMARTS) is 1. The molecule has 6 aromatic carbocycles. The number of hydrogen-bond acceptors (Lipinski definition) is 6. The Kier molecular flexibility index (Phi) is 17.7. The maximum absolute atomic E-state index is 13.2. The van der Waals surface area contributed by atoms with Crippen LogP contribution >= 0.6 is 0 Å². The normalized spacial score (nSPS) is 15.0. The molecular weight excluding hydrogens is 1060 g/mol. The van der Waals surface area contributed by atoms with E-state index in [-0.39, 0.29) is 66.2 Å². The molecule has 0 saturated carbocycles. The van der Waals surface area contributed by atoms with E-state index in [1.165, 1.54) is 18.2 Å². The fraction of sp³-hybridized carbons (Fsp3) is 0.200. The summed E-state index contributed by atoms with van der Waals surface area (Å²) in [6.45, 7) is 2.25. The first kappa shape index (κ1) is 58.2. The summed E-state index contributed by atoms with van der Waals surface area (Å²) in [6, 6.07) is 26.6. The number of fused-ring (bicyclic) bond motifs is 2. The third-order valence-electron chi connectivity index (χ3n) is 12.5. The lowest BCUT2D eigenvalue weighted by atomic mass is 9.85. The van der Waals surface area contributed by atoms with E-state index in [4.69, 9.17) is 14.6 Å². The van der Waals surface area contributed by atoms with E-state index in [1.54, 1.807) is 67.6 Å². The Morgan fingerprint density at radius 3 is 1.15 bits per heavy atom. The molecule has 6 aromatic rings. The third kappa shape index (κ3) is 15.8. The molecule has 0 heterocycles. The average molecular weight is 1100 g/mol. The van der Waals surface area contributed by atoms with Gasteiger partial charge < -0.3 is 14.6 Å². The van der Waals surface area contributed by atoms with Crippen LogP contribution in [0.1, 0.15) is 114 Å². The van der Waals surface area contributed by atoms with Crippen LogP contribution in [0.5, 0.6) is 11.5 Å². The van der Waals surface area contributed by atoms with Crippen LogP contribution in [0.3, 0.4) is 0 Å². The molecule has 8 rings (SSSR count). The van der Waals surface area contributed by atoms with Gasteiger partial charge in [-0.1, -0.05) is 61.5 Å². The van der Waals surface area contributed by atoms with Crippen molar-refractivity contribution in [2.45, 2.75) is 76.9 Å². The van der Waals surface area contributed by atoms with Gasteiger partial charge in [-0.05, 0) is 167 Å². The summed E-state index contributed by atoms with van der Waals surface area (Å²) in [4.78, 5) is 48.1. The summed E-state index contributed by atoms with van der Waals surface area (Å²) in [5, 5.41) is 8.69. The van der Waals surface area contributed by atoms with Gasteiger partial charge in [-0.25, -0.2) is 4.79 Å². The van der Waals surface area contributed by atoms with Gasteiger partial charge >= 0.3 is 30.7 Å². The van der Waals surface area contributed by atoms with Crippen molar-refractivity contribution in [1.82, 2.24) is 0 Å². The molecule has 2 aliphatic rings. The van der Waals surface area contributed by atoms with Crippen LogP contribution in [-0.4, -0.2) is 28.4 Å². The van der Waals surface area contributed by atoms with Crippen molar-refractivity contribution in [1.29, 1.82) is 0 Å². The van der Waals surface area contributed by atoms with Crippen molar-refractivity contribution in [3.8, 4) is 11.5 Å². The highest BCUT2D eigenvalue weighted by Gasteiger charge is 2.38. The highest BCUT2D eigenvalue weighted by Crippen LogP contribution is 2.40. The number of carboxylic acids is 1. The van der Waals surface area contributed by atoms with Gasteiger partial charge in [0.15, 0.2) is 17.3 Å². The monoisotopic (exact) mass is 1100 g/mol. The Morgan fingerprint density at radius 2 is 0.823 bits per heavy atom. The van der Waals surface area contributed by atoms with Crippen molar-refractivity contribution in [3.05, 3.63) is 223 Å². The van der Waals surface area contributed by atoms with Crippen molar-refractivity contribution < 1.29 is 86.4 Å². The zero-order chi connectivity index (χ0) is 57.5. The molecule has 1 N–H and O–H groups in total. The summed E-state index contributed by atoms with van der Waals surface area (Å²) < 4.78 is 170. The number of alkyl halides is 12. The van der Waals surface area contributed by atoms with E-state index in [1.807, 2.05) is 24.3 Å². The van der Waals surface area contributed by atoms with Gasteiger partial charge in [-0.15, -0.1) is 0 Å². The second-order valence-electron chi connectivity index (χ2n) is 18.2.